The molecule has 0 saturated heterocycles. The molecule has 0 saturated carbocycles. The number of rotatable bonds is 8. The number of nitrogens with zero attached hydrogens (tertiary/aromatic N) is 1. The van der Waals surface area contributed by atoms with Crippen molar-refractivity contribution in [1.82, 2.24) is 10.6 Å². The van der Waals surface area contributed by atoms with Gasteiger partial charge in [0.2, 0.25) is 0 Å². The number of nitrogens with one attached hydrogen (secondary N) is 2. The number of halogens is 1. The summed E-state index contributed by atoms with van der Waals surface area (Å²) in [6.45, 7) is 5.82. The highest BCUT2D eigenvalue weighted by atomic mass is 127. The topological polar surface area (TPSA) is 79.8 Å². The Kier molecular flexibility index (Phi) is 13.1. The third kappa shape index (κ3) is 14.1. The van der Waals surface area contributed by atoms with Crippen LogP contribution in [0.2, 0.25) is 0 Å². The minimum absolute atomic E-state index is 0. The van der Waals surface area contributed by atoms with Gasteiger partial charge in [-0.2, -0.15) is 0 Å². The molecular formula is C11H26IN3O3S. The highest BCUT2D eigenvalue weighted by Crippen LogP contribution is 1.95. The van der Waals surface area contributed by atoms with E-state index in [4.69, 9.17) is 4.74 Å². The Bertz CT molecular complexity index is 347. The Balaban J connectivity index is 0. The Morgan fingerprint density at radius 2 is 2.05 bits per heavy atom. The molecular weight excluding hydrogens is 381 g/mol. The molecule has 0 amide bonds. The molecule has 0 radical (unpaired) electrons. The summed E-state index contributed by atoms with van der Waals surface area (Å²) < 4.78 is 27.1. The number of ether oxygens (including phenoxy) is 1. The Morgan fingerprint density at radius 3 is 2.53 bits per heavy atom. The van der Waals surface area contributed by atoms with Crippen molar-refractivity contribution < 1.29 is 13.2 Å². The predicted octanol–water partition coefficient (Wildman–Crippen LogP) is 0.629. The highest BCUT2D eigenvalue weighted by Gasteiger charge is 2.09. The molecule has 2 N–H and O–H groups in total. The van der Waals surface area contributed by atoms with Crippen LogP contribution in [0, 0.1) is 0 Å². The second kappa shape index (κ2) is 11.7. The fourth-order valence-corrected chi connectivity index (χ4v) is 2.05. The molecule has 0 bridgehead atoms. The largest absolute Gasteiger partial charge is 0.383 e. The van der Waals surface area contributed by atoms with Crippen LogP contribution in [0.4, 0.5) is 0 Å². The van der Waals surface area contributed by atoms with Crippen molar-refractivity contribution in [2.45, 2.75) is 26.3 Å². The molecule has 0 aliphatic rings. The molecule has 116 valence electrons. The monoisotopic (exact) mass is 407 g/mol. The van der Waals surface area contributed by atoms with Crippen LogP contribution in [0.25, 0.3) is 0 Å². The van der Waals surface area contributed by atoms with Crippen molar-refractivity contribution in [2.75, 3.05) is 38.8 Å². The van der Waals surface area contributed by atoms with Crippen molar-refractivity contribution in [3.05, 3.63) is 0 Å². The van der Waals surface area contributed by atoms with E-state index in [9.17, 15) is 8.42 Å². The highest BCUT2D eigenvalue weighted by molar-refractivity contribution is 14.0. The summed E-state index contributed by atoms with van der Waals surface area (Å²) in [4.78, 5) is 4.31. The average molecular weight is 407 g/mol. The lowest BCUT2D eigenvalue weighted by Gasteiger charge is -2.17. The summed E-state index contributed by atoms with van der Waals surface area (Å²) in [5, 5.41) is 6.27. The first-order valence-corrected chi connectivity index (χ1v) is 8.16. The number of aliphatic imine (C=N–C) groups is 1. The first-order chi connectivity index (χ1) is 8.39. The molecule has 0 spiro atoms. The molecule has 19 heavy (non-hydrogen) atoms. The maximum Gasteiger partial charge on any atom is 0.191 e. The van der Waals surface area contributed by atoms with Crippen molar-refractivity contribution >= 4 is 39.8 Å². The standard InChI is InChI=1S/C11H25N3O3S.HI/c1-5-12-11(13-7-8-17-3)14-10(2)6-9-18(4,15)16;/h10H,5-9H2,1-4H3,(H2,12,13,14);1H. The van der Waals surface area contributed by atoms with Crippen LogP contribution in [0.1, 0.15) is 20.3 Å². The van der Waals surface area contributed by atoms with Gasteiger partial charge in [0.25, 0.3) is 0 Å². The van der Waals surface area contributed by atoms with E-state index < -0.39 is 9.84 Å². The predicted molar refractivity (Wildman–Crippen MR) is 90.2 cm³/mol. The zero-order valence-corrected chi connectivity index (χ0v) is 15.2. The number of sulfone groups is 1. The third-order valence-corrected chi connectivity index (χ3v) is 3.19. The molecule has 0 heterocycles. The van der Waals surface area contributed by atoms with Gasteiger partial charge in [0.1, 0.15) is 9.84 Å². The lowest BCUT2D eigenvalue weighted by Crippen LogP contribution is -2.43. The van der Waals surface area contributed by atoms with E-state index in [0.717, 1.165) is 6.54 Å². The molecule has 0 aromatic rings. The van der Waals surface area contributed by atoms with Crippen LogP contribution in [-0.2, 0) is 14.6 Å². The number of hydrogen-bond acceptors (Lipinski definition) is 4. The molecule has 0 aliphatic heterocycles. The molecule has 1 atom stereocenters. The van der Waals surface area contributed by atoms with Gasteiger partial charge < -0.3 is 15.4 Å². The van der Waals surface area contributed by atoms with E-state index in [2.05, 4.69) is 15.6 Å². The lowest BCUT2D eigenvalue weighted by molar-refractivity contribution is 0.208. The summed E-state index contributed by atoms with van der Waals surface area (Å²) in [6, 6.07) is 0.0556. The van der Waals surface area contributed by atoms with Gasteiger partial charge in [-0.3, -0.25) is 4.99 Å². The van der Waals surface area contributed by atoms with Crippen molar-refractivity contribution in [3.8, 4) is 0 Å². The summed E-state index contributed by atoms with van der Waals surface area (Å²) in [5.74, 6) is 0.870. The second-order valence-corrected chi connectivity index (χ2v) is 6.48. The van der Waals surface area contributed by atoms with Crippen LogP contribution in [0.5, 0.6) is 0 Å². The van der Waals surface area contributed by atoms with E-state index >= 15 is 0 Å². The van der Waals surface area contributed by atoms with Crippen molar-refractivity contribution in [3.63, 3.8) is 0 Å². The van der Waals surface area contributed by atoms with Gasteiger partial charge in [0.15, 0.2) is 5.96 Å². The first-order valence-electron chi connectivity index (χ1n) is 6.10. The van der Waals surface area contributed by atoms with Crippen LogP contribution in [0.15, 0.2) is 4.99 Å². The smallest absolute Gasteiger partial charge is 0.191 e. The molecule has 8 heteroatoms. The van der Waals surface area contributed by atoms with E-state index in [0.29, 0.717) is 25.5 Å². The number of hydrogen-bond donors (Lipinski definition) is 2. The lowest BCUT2D eigenvalue weighted by atomic mass is 10.3. The Hall–Kier alpha value is -0.0900. The summed E-state index contributed by atoms with van der Waals surface area (Å²) >= 11 is 0. The van der Waals surface area contributed by atoms with E-state index in [1.807, 2.05) is 13.8 Å². The van der Waals surface area contributed by atoms with Gasteiger partial charge in [-0.1, -0.05) is 0 Å². The van der Waals surface area contributed by atoms with Crippen molar-refractivity contribution in [2.24, 2.45) is 4.99 Å². The molecule has 0 aromatic carbocycles. The van der Waals surface area contributed by atoms with Gasteiger partial charge in [-0.05, 0) is 20.3 Å². The number of methoxy groups -OCH3 is 1. The molecule has 0 fully saturated rings. The maximum absolute atomic E-state index is 11.1. The fourth-order valence-electron chi connectivity index (χ4n) is 1.27. The molecule has 6 nitrogen and oxygen atoms in total. The van der Waals surface area contributed by atoms with Crippen LogP contribution in [-0.4, -0.2) is 59.2 Å². The first kappa shape index (κ1) is 21.2. The fraction of sp³-hybridized carbons (Fsp3) is 0.909. The van der Waals surface area contributed by atoms with Gasteiger partial charge in [0.05, 0.1) is 18.9 Å². The minimum Gasteiger partial charge on any atom is -0.383 e. The van der Waals surface area contributed by atoms with Crippen molar-refractivity contribution in [1.29, 1.82) is 0 Å². The molecule has 0 aliphatic carbocycles. The minimum atomic E-state index is -2.91. The van der Waals surface area contributed by atoms with Crippen LogP contribution in [0.3, 0.4) is 0 Å². The third-order valence-electron chi connectivity index (χ3n) is 2.21. The van der Waals surface area contributed by atoms with Crippen LogP contribution < -0.4 is 10.6 Å². The quantitative estimate of drug-likeness (QED) is 0.267. The maximum atomic E-state index is 11.1. The SMILES string of the molecule is CCNC(=NCCOC)NC(C)CCS(C)(=O)=O.I. The van der Waals surface area contributed by atoms with Crippen LogP contribution >= 0.6 is 24.0 Å². The zero-order chi connectivity index (χ0) is 14.0. The molecule has 1 unspecified atom stereocenters. The van der Waals surface area contributed by atoms with Gasteiger partial charge in [-0.25, -0.2) is 8.42 Å². The second-order valence-electron chi connectivity index (χ2n) is 4.22. The number of guanidine groups is 1. The van der Waals surface area contributed by atoms with Gasteiger partial charge in [-0.15, -0.1) is 24.0 Å². The molecule has 0 rings (SSSR count). The molecule has 0 aromatic heterocycles. The zero-order valence-electron chi connectivity index (χ0n) is 12.1. The summed E-state index contributed by atoms with van der Waals surface area (Å²) in [5.41, 5.74) is 0. The normalized spacial score (nSPS) is 13.6. The van der Waals surface area contributed by atoms with E-state index in [1.165, 1.54) is 6.26 Å². The summed E-state index contributed by atoms with van der Waals surface area (Å²) in [6.07, 6.45) is 1.81. The average Bonchev–Trinajstić information content (AvgIpc) is 2.26. The van der Waals surface area contributed by atoms with E-state index in [1.54, 1.807) is 7.11 Å². The Labute approximate surface area is 133 Å². The Morgan fingerprint density at radius 1 is 1.42 bits per heavy atom. The van der Waals surface area contributed by atoms with Gasteiger partial charge >= 0.3 is 0 Å². The van der Waals surface area contributed by atoms with Gasteiger partial charge in [0, 0.05) is 26.0 Å². The summed E-state index contributed by atoms with van der Waals surface area (Å²) in [7, 11) is -1.28. The van der Waals surface area contributed by atoms with E-state index in [-0.39, 0.29) is 35.8 Å².